The summed E-state index contributed by atoms with van der Waals surface area (Å²) in [4.78, 5) is 0. The largest absolute Gasteiger partial charge is 0.313 e. The van der Waals surface area contributed by atoms with Crippen LogP contribution in [0.5, 0.6) is 0 Å². The van der Waals surface area contributed by atoms with Gasteiger partial charge >= 0.3 is 0 Å². The van der Waals surface area contributed by atoms with Gasteiger partial charge in [0.2, 0.25) is 0 Å². The van der Waals surface area contributed by atoms with Gasteiger partial charge in [-0.05, 0) is 27.7 Å². The van der Waals surface area contributed by atoms with Crippen molar-refractivity contribution in [3.63, 3.8) is 0 Å². The minimum Gasteiger partial charge on any atom is -0.313 e. The van der Waals surface area contributed by atoms with Crippen molar-refractivity contribution in [2.24, 2.45) is 0 Å². The Morgan fingerprint density at radius 3 is 1.57 bits per heavy atom. The predicted molar refractivity (Wildman–Crippen MR) is 93.3 cm³/mol. The lowest BCUT2D eigenvalue weighted by atomic mass is 10.1. The first-order valence-electron chi connectivity index (χ1n) is 7.25. The van der Waals surface area contributed by atoms with Crippen molar-refractivity contribution in [1.29, 1.82) is 0 Å². The second-order valence-electron chi connectivity index (χ2n) is 6.16. The van der Waals surface area contributed by atoms with E-state index in [9.17, 15) is 4.57 Å². The molecule has 0 radical (unpaired) electrons. The number of hydrogen-bond acceptors (Lipinski definition) is 1. The second kappa shape index (κ2) is 6.03. The maximum Gasteiger partial charge on any atom is 0.152 e. The molecule has 0 amide bonds. The molecular weight excluding hydrogens is 275 g/mol. The molecular formula is C19H23OP. The molecule has 110 valence electrons. The van der Waals surface area contributed by atoms with Crippen LogP contribution < -0.4 is 10.6 Å². The van der Waals surface area contributed by atoms with Gasteiger partial charge in [-0.25, -0.2) is 0 Å². The molecule has 2 aromatic rings. The first kappa shape index (κ1) is 15.8. The zero-order valence-corrected chi connectivity index (χ0v) is 14.1. The van der Waals surface area contributed by atoms with Crippen molar-refractivity contribution < 1.29 is 4.57 Å². The third-order valence-corrected chi connectivity index (χ3v) is 7.50. The zero-order valence-electron chi connectivity index (χ0n) is 13.2. The summed E-state index contributed by atoms with van der Waals surface area (Å²) in [6.07, 6.45) is 2.13. The number of hydrogen-bond donors (Lipinski definition) is 0. The molecule has 0 heterocycles. The van der Waals surface area contributed by atoms with Crippen LogP contribution in [0.15, 0.2) is 72.3 Å². The van der Waals surface area contributed by atoms with Gasteiger partial charge in [0, 0.05) is 15.8 Å². The highest BCUT2D eigenvalue weighted by atomic mass is 31.2. The standard InChI is InChI=1S/C19H23OP/c1-16(2)15-19(3,4)21(20,17-11-7-5-8-12-17)18-13-9-6-10-14-18/h5-15H,1-4H3. The van der Waals surface area contributed by atoms with Gasteiger partial charge in [-0.1, -0.05) is 72.3 Å². The van der Waals surface area contributed by atoms with Crippen LogP contribution in [-0.2, 0) is 4.57 Å². The van der Waals surface area contributed by atoms with Gasteiger partial charge in [-0.15, -0.1) is 0 Å². The van der Waals surface area contributed by atoms with Crippen molar-refractivity contribution >= 4 is 17.8 Å². The van der Waals surface area contributed by atoms with Crippen LogP contribution in [0.3, 0.4) is 0 Å². The minimum absolute atomic E-state index is 0.422. The smallest absolute Gasteiger partial charge is 0.152 e. The number of rotatable bonds is 4. The lowest BCUT2D eigenvalue weighted by Gasteiger charge is -2.33. The Labute approximate surface area is 128 Å². The summed E-state index contributed by atoms with van der Waals surface area (Å²) in [5, 5.41) is 1.41. The fourth-order valence-electron chi connectivity index (χ4n) is 2.89. The van der Waals surface area contributed by atoms with E-state index in [1.807, 2.05) is 60.7 Å². The molecule has 2 aromatic carbocycles. The number of allylic oxidation sites excluding steroid dienone is 2. The molecule has 2 rings (SSSR count). The first-order chi connectivity index (χ1) is 9.88. The highest BCUT2D eigenvalue weighted by molar-refractivity contribution is 7.80. The summed E-state index contributed by atoms with van der Waals surface area (Å²) in [5.74, 6) is 0. The average molecular weight is 298 g/mol. The molecule has 0 aliphatic rings. The second-order valence-corrected chi connectivity index (χ2v) is 9.56. The Morgan fingerprint density at radius 2 is 1.24 bits per heavy atom. The molecule has 0 fully saturated rings. The van der Waals surface area contributed by atoms with Crippen LogP contribution >= 0.6 is 7.14 Å². The summed E-state index contributed by atoms with van der Waals surface area (Å²) in [5.41, 5.74) is 1.19. The van der Waals surface area contributed by atoms with Crippen LogP contribution in [-0.4, -0.2) is 5.16 Å². The van der Waals surface area contributed by atoms with Crippen LogP contribution in [0, 0.1) is 0 Å². The fourth-order valence-corrected chi connectivity index (χ4v) is 6.14. The zero-order chi connectivity index (χ0) is 15.5. The highest BCUT2D eigenvalue weighted by Crippen LogP contribution is 2.56. The van der Waals surface area contributed by atoms with Gasteiger partial charge in [0.25, 0.3) is 0 Å². The predicted octanol–water partition coefficient (Wildman–Crippen LogP) is 4.75. The maximum absolute atomic E-state index is 14.1. The molecule has 21 heavy (non-hydrogen) atoms. The maximum atomic E-state index is 14.1. The molecule has 0 aliphatic heterocycles. The fraction of sp³-hybridized carbons (Fsp3) is 0.263. The van der Waals surface area contributed by atoms with E-state index in [2.05, 4.69) is 33.8 Å². The summed E-state index contributed by atoms with van der Waals surface area (Å²) >= 11 is 0. The molecule has 2 heteroatoms. The monoisotopic (exact) mass is 298 g/mol. The Morgan fingerprint density at radius 1 is 0.857 bits per heavy atom. The Kier molecular flexibility index (Phi) is 4.54. The molecule has 0 spiro atoms. The lowest BCUT2D eigenvalue weighted by Crippen LogP contribution is -2.31. The third kappa shape index (κ3) is 3.04. The minimum atomic E-state index is -2.76. The van der Waals surface area contributed by atoms with Crippen LogP contribution in [0.2, 0.25) is 0 Å². The lowest BCUT2D eigenvalue weighted by molar-refractivity contribution is 0.571. The Bertz CT molecular complexity index is 622. The van der Waals surface area contributed by atoms with E-state index in [1.54, 1.807) is 0 Å². The van der Waals surface area contributed by atoms with E-state index < -0.39 is 12.3 Å². The highest BCUT2D eigenvalue weighted by Gasteiger charge is 2.41. The third-order valence-electron chi connectivity index (χ3n) is 3.69. The molecule has 0 N–H and O–H groups in total. The molecule has 0 unspecified atom stereocenters. The van der Waals surface area contributed by atoms with Crippen molar-refractivity contribution in [2.75, 3.05) is 0 Å². The van der Waals surface area contributed by atoms with Crippen LogP contribution in [0.25, 0.3) is 0 Å². The van der Waals surface area contributed by atoms with Crippen molar-refractivity contribution in [1.82, 2.24) is 0 Å². The topological polar surface area (TPSA) is 17.1 Å². The normalized spacial score (nSPS) is 12.0. The molecule has 0 bridgehead atoms. The van der Waals surface area contributed by atoms with Crippen molar-refractivity contribution in [3.05, 3.63) is 72.3 Å². The molecule has 1 nitrogen and oxygen atoms in total. The molecule has 0 aromatic heterocycles. The Balaban J connectivity index is 2.73. The molecule has 0 aliphatic carbocycles. The van der Waals surface area contributed by atoms with E-state index in [1.165, 1.54) is 5.57 Å². The van der Waals surface area contributed by atoms with E-state index in [0.717, 1.165) is 10.6 Å². The molecule has 0 atom stereocenters. The van der Waals surface area contributed by atoms with E-state index in [0.29, 0.717) is 0 Å². The van der Waals surface area contributed by atoms with Crippen molar-refractivity contribution in [2.45, 2.75) is 32.9 Å². The molecule has 0 saturated heterocycles. The van der Waals surface area contributed by atoms with E-state index >= 15 is 0 Å². The van der Waals surface area contributed by atoms with E-state index in [4.69, 9.17) is 0 Å². The summed E-state index contributed by atoms with van der Waals surface area (Å²) in [7, 11) is -2.76. The first-order valence-corrected chi connectivity index (χ1v) is 8.96. The van der Waals surface area contributed by atoms with Gasteiger partial charge in [0.1, 0.15) is 0 Å². The quantitative estimate of drug-likeness (QED) is 0.588. The molecule has 0 saturated carbocycles. The number of benzene rings is 2. The summed E-state index contributed by atoms with van der Waals surface area (Å²) in [6.45, 7) is 8.26. The van der Waals surface area contributed by atoms with E-state index in [-0.39, 0.29) is 0 Å². The van der Waals surface area contributed by atoms with Gasteiger partial charge in [0.15, 0.2) is 7.14 Å². The van der Waals surface area contributed by atoms with Crippen LogP contribution in [0.4, 0.5) is 0 Å². The van der Waals surface area contributed by atoms with Gasteiger partial charge in [-0.2, -0.15) is 0 Å². The summed E-state index contributed by atoms with van der Waals surface area (Å²) < 4.78 is 14.1. The van der Waals surface area contributed by atoms with Gasteiger partial charge in [-0.3, -0.25) is 0 Å². The summed E-state index contributed by atoms with van der Waals surface area (Å²) in [6, 6.07) is 19.7. The Hall–Kier alpha value is -1.59. The average Bonchev–Trinajstić information content (AvgIpc) is 2.46. The van der Waals surface area contributed by atoms with Crippen LogP contribution in [0.1, 0.15) is 27.7 Å². The van der Waals surface area contributed by atoms with Crippen molar-refractivity contribution in [3.8, 4) is 0 Å². The SMILES string of the molecule is CC(C)=CC(C)(C)P(=O)(c1ccccc1)c1ccccc1. The van der Waals surface area contributed by atoms with Gasteiger partial charge in [0.05, 0.1) is 0 Å². The van der Waals surface area contributed by atoms with Gasteiger partial charge < -0.3 is 4.57 Å².